The standard InChI is InChI=1S/C21H26FN3O/c1-3-25(20-7-5-4-6-17(20)2)21(26)16-23-12-14-24(15-13-23)19-10-8-18(22)9-11-19/h4-11H,3,12-16H2,1-2H3. The van der Waals surface area contributed by atoms with E-state index in [1.165, 1.54) is 12.1 Å². The summed E-state index contributed by atoms with van der Waals surface area (Å²) in [5, 5.41) is 0. The van der Waals surface area contributed by atoms with Crippen LogP contribution in [0.3, 0.4) is 0 Å². The molecule has 2 aromatic rings. The Hall–Kier alpha value is -2.40. The lowest BCUT2D eigenvalue weighted by atomic mass is 10.1. The van der Waals surface area contributed by atoms with E-state index in [4.69, 9.17) is 0 Å². The van der Waals surface area contributed by atoms with Crippen molar-refractivity contribution < 1.29 is 9.18 Å². The largest absolute Gasteiger partial charge is 0.369 e. The highest BCUT2D eigenvalue weighted by Crippen LogP contribution is 2.20. The van der Waals surface area contributed by atoms with Crippen molar-refractivity contribution in [1.82, 2.24) is 4.90 Å². The van der Waals surface area contributed by atoms with Crippen LogP contribution in [0.25, 0.3) is 0 Å². The molecule has 1 fully saturated rings. The Balaban J connectivity index is 1.57. The van der Waals surface area contributed by atoms with Crippen molar-refractivity contribution in [2.75, 3.05) is 49.1 Å². The average Bonchev–Trinajstić information content (AvgIpc) is 2.65. The number of rotatable bonds is 5. The van der Waals surface area contributed by atoms with Gasteiger partial charge in [-0.1, -0.05) is 18.2 Å². The van der Waals surface area contributed by atoms with Gasteiger partial charge in [0.1, 0.15) is 5.82 Å². The number of carbonyl (C=O) groups is 1. The van der Waals surface area contributed by atoms with Crippen molar-refractivity contribution in [3.63, 3.8) is 0 Å². The lowest BCUT2D eigenvalue weighted by molar-refractivity contribution is -0.119. The molecule has 4 nitrogen and oxygen atoms in total. The molecule has 1 heterocycles. The number of para-hydroxylation sites is 1. The van der Waals surface area contributed by atoms with E-state index < -0.39 is 0 Å². The van der Waals surface area contributed by atoms with Crippen molar-refractivity contribution in [3.8, 4) is 0 Å². The van der Waals surface area contributed by atoms with E-state index in [-0.39, 0.29) is 11.7 Å². The van der Waals surface area contributed by atoms with Crippen molar-refractivity contribution in [2.45, 2.75) is 13.8 Å². The van der Waals surface area contributed by atoms with E-state index in [9.17, 15) is 9.18 Å². The summed E-state index contributed by atoms with van der Waals surface area (Å²) in [4.78, 5) is 19.1. The molecular weight excluding hydrogens is 329 g/mol. The summed E-state index contributed by atoms with van der Waals surface area (Å²) in [5.41, 5.74) is 3.14. The minimum Gasteiger partial charge on any atom is -0.369 e. The summed E-state index contributed by atoms with van der Waals surface area (Å²) in [6, 6.07) is 14.6. The predicted molar refractivity (Wildman–Crippen MR) is 104 cm³/mol. The van der Waals surface area contributed by atoms with Gasteiger partial charge >= 0.3 is 0 Å². The van der Waals surface area contributed by atoms with Crippen molar-refractivity contribution in [1.29, 1.82) is 0 Å². The van der Waals surface area contributed by atoms with Crippen LogP contribution in [0.2, 0.25) is 0 Å². The molecule has 0 spiro atoms. The van der Waals surface area contributed by atoms with Gasteiger partial charge in [0.2, 0.25) is 5.91 Å². The number of likely N-dealkylation sites (N-methyl/N-ethyl adjacent to an activating group) is 1. The Bertz CT molecular complexity index is 739. The van der Waals surface area contributed by atoms with Gasteiger partial charge in [-0.15, -0.1) is 0 Å². The molecule has 5 heteroatoms. The van der Waals surface area contributed by atoms with Crippen LogP contribution in [0.15, 0.2) is 48.5 Å². The maximum absolute atomic E-state index is 13.1. The van der Waals surface area contributed by atoms with Crippen LogP contribution in [0, 0.1) is 12.7 Å². The number of anilines is 2. The maximum Gasteiger partial charge on any atom is 0.241 e. The predicted octanol–water partition coefficient (Wildman–Crippen LogP) is 3.31. The van der Waals surface area contributed by atoms with E-state index in [1.54, 1.807) is 0 Å². The van der Waals surface area contributed by atoms with Crippen LogP contribution >= 0.6 is 0 Å². The zero-order valence-corrected chi connectivity index (χ0v) is 15.5. The van der Waals surface area contributed by atoms with Gasteiger partial charge < -0.3 is 9.80 Å². The normalized spacial score (nSPS) is 15.1. The van der Waals surface area contributed by atoms with Crippen LogP contribution in [-0.2, 0) is 4.79 Å². The summed E-state index contributed by atoms with van der Waals surface area (Å²) >= 11 is 0. The second-order valence-corrected chi connectivity index (χ2v) is 6.66. The summed E-state index contributed by atoms with van der Waals surface area (Å²) in [6.45, 7) is 8.48. The Morgan fingerprint density at radius 2 is 1.69 bits per heavy atom. The molecular formula is C21H26FN3O. The smallest absolute Gasteiger partial charge is 0.241 e. The number of piperazine rings is 1. The molecule has 0 atom stereocenters. The zero-order chi connectivity index (χ0) is 18.5. The number of halogens is 1. The molecule has 138 valence electrons. The zero-order valence-electron chi connectivity index (χ0n) is 15.5. The third kappa shape index (κ3) is 4.22. The van der Waals surface area contributed by atoms with Gasteiger partial charge in [-0.3, -0.25) is 9.69 Å². The van der Waals surface area contributed by atoms with E-state index in [0.29, 0.717) is 13.1 Å². The molecule has 0 unspecified atom stereocenters. The third-order valence-corrected chi connectivity index (χ3v) is 4.95. The van der Waals surface area contributed by atoms with E-state index in [1.807, 2.05) is 55.1 Å². The van der Waals surface area contributed by atoms with Gasteiger partial charge in [-0.25, -0.2) is 4.39 Å². The molecule has 1 aliphatic heterocycles. The second-order valence-electron chi connectivity index (χ2n) is 6.66. The molecule has 1 aliphatic rings. The Morgan fingerprint density at radius 3 is 2.31 bits per heavy atom. The molecule has 0 aromatic heterocycles. The second kappa shape index (κ2) is 8.32. The van der Waals surface area contributed by atoms with Gasteiger partial charge in [0.05, 0.1) is 6.54 Å². The van der Waals surface area contributed by atoms with Gasteiger partial charge in [-0.05, 0) is 49.7 Å². The van der Waals surface area contributed by atoms with Crippen LogP contribution in [0.5, 0.6) is 0 Å². The van der Waals surface area contributed by atoms with Crippen LogP contribution < -0.4 is 9.80 Å². The van der Waals surface area contributed by atoms with E-state index in [0.717, 1.165) is 43.1 Å². The molecule has 0 bridgehead atoms. The summed E-state index contributed by atoms with van der Waals surface area (Å²) < 4.78 is 13.1. The van der Waals surface area contributed by atoms with Crippen LogP contribution in [0.4, 0.5) is 15.8 Å². The highest BCUT2D eigenvalue weighted by molar-refractivity contribution is 5.95. The first-order valence-corrected chi connectivity index (χ1v) is 9.17. The van der Waals surface area contributed by atoms with Crippen molar-refractivity contribution in [3.05, 3.63) is 59.9 Å². The number of benzene rings is 2. The van der Waals surface area contributed by atoms with E-state index in [2.05, 4.69) is 9.80 Å². The lowest BCUT2D eigenvalue weighted by Crippen LogP contribution is -2.50. The molecule has 2 aromatic carbocycles. The number of carbonyl (C=O) groups excluding carboxylic acids is 1. The Morgan fingerprint density at radius 1 is 1.04 bits per heavy atom. The molecule has 0 saturated carbocycles. The summed E-state index contributed by atoms with van der Waals surface area (Å²) in [5.74, 6) is -0.0779. The molecule has 1 amide bonds. The highest BCUT2D eigenvalue weighted by Gasteiger charge is 2.22. The molecule has 1 saturated heterocycles. The van der Waals surface area contributed by atoms with Gasteiger partial charge in [0.25, 0.3) is 0 Å². The first kappa shape index (κ1) is 18.4. The fourth-order valence-electron chi connectivity index (χ4n) is 3.44. The summed E-state index contributed by atoms with van der Waals surface area (Å²) in [6.07, 6.45) is 0. The first-order chi connectivity index (χ1) is 12.6. The first-order valence-electron chi connectivity index (χ1n) is 9.17. The Kier molecular flexibility index (Phi) is 5.89. The SMILES string of the molecule is CCN(C(=O)CN1CCN(c2ccc(F)cc2)CC1)c1ccccc1C. The third-order valence-electron chi connectivity index (χ3n) is 4.95. The number of hydrogen-bond donors (Lipinski definition) is 0. The lowest BCUT2D eigenvalue weighted by Gasteiger charge is -2.36. The molecule has 0 radical (unpaired) electrons. The minimum absolute atomic E-state index is 0.136. The van der Waals surface area contributed by atoms with Gasteiger partial charge in [-0.2, -0.15) is 0 Å². The number of hydrogen-bond acceptors (Lipinski definition) is 3. The van der Waals surface area contributed by atoms with Crippen LogP contribution in [0.1, 0.15) is 12.5 Å². The fraction of sp³-hybridized carbons (Fsp3) is 0.381. The van der Waals surface area contributed by atoms with Crippen LogP contribution in [-0.4, -0.2) is 50.1 Å². The monoisotopic (exact) mass is 355 g/mol. The number of nitrogens with zero attached hydrogens (tertiary/aromatic N) is 3. The fourth-order valence-corrected chi connectivity index (χ4v) is 3.44. The number of aryl methyl sites for hydroxylation is 1. The summed E-state index contributed by atoms with van der Waals surface area (Å²) in [7, 11) is 0. The minimum atomic E-state index is -0.214. The van der Waals surface area contributed by atoms with Crippen molar-refractivity contribution >= 4 is 17.3 Å². The topological polar surface area (TPSA) is 26.8 Å². The highest BCUT2D eigenvalue weighted by atomic mass is 19.1. The van der Waals surface area contributed by atoms with E-state index >= 15 is 0 Å². The van der Waals surface area contributed by atoms with Gasteiger partial charge in [0, 0.05) is 44.1 Å². The molecule has 0 N–H and O–H groups in total. The molecule has 3 rings (SSSR count). The van der Waals surface area contributed by atoms with Crippen molar-refractivity contribution in [2.24, 2.45) is 0 Å². The maximum atomic E-state index is 13.1. The van der Waals surface area contributed by atoms with Gasteiger partial charge in [0.15, 0.2) is 0 Å². The molecule has 0 aliphatic carbocycles. The molecule has 26 heavy (non-hydrogen) atoms. The average molecular weight is 355 g/mol. The Labute approximate surface area is 154 Å². The quantitative estimate of drug-likeness (QED) is 0.823. The number of amides is 1.